The molecule has 31 heavy (non-hydrogen) atoms. The van der Waals surface area contributed by atoms with Crippen LogP contribution < -0.4 is 15.8 Å². The second-order valence-corrected chi connectivity index (χ2v) is 7.23. The molecule has 1 atom stereocenters. The van der Waals surface area contributed by atoms with E-state index in [0.29, 0.717) is 27.9 Å². The number of benzene rings is 2. The molecule has 0 unspecified atom stereocenters. The third kappa shape index (κ3) is 3.79. The highest BCUT2D eigenvalue weighted by atomic mass is 16.5. The molecule has 0 saturated carbocycles. The predicted molar refractivity (Wildman–Crippen MR) is 123 cm³/mol. The molecule has 0 saturated heterocycles. The lowest BCUT2D eigenvalue weighted by Crippen LogP contribution is -2.32. The number of nitrogens with one attached hydrogen (secondary N) is 1. The van der Waals surface area contributed by atoms with E-state index in [4.69, 9.17) is 15.5 Å². The molecule has 8 nitrogen and oxygen atoms in total. The Bertz CT molecular complexity index is 1290. The Labute approximate surface area is 179 Å². The predicted octanol–water partition coefficient (Wildman–Crippen LogP) is 3.59. The van der Waals surface area contributed by atoms with Crippen molar-refractivity contribution in [1.82, 2.24) is 20.0 Å². The quantitative estimate of drug-likeness (QED) is 0.467. The van der Waals surface area contributed by atoms with Crippen LogP contribution in [-0.4, -0.2) is 39.9 Å². The van der Waals surface area contributed by atoms with Gasteiger partial charge in [-0.3, -0.25) is 4.79 Å². The van der Waals surface area contributed by atoms with Crippen LogP contribution in [0.25, 0.3) is 22.2 Å². The summed E-state index contributed by atoms with van der Waals surface area (Å²) < 4.78 is 6.84. The number of ether oxygens (including phenoxy) is 1. The summed E-state index contributed by atoms with van der Waals surface area (Å²) in [7, 11) is 1.60. The number of amides is 1. The van der Waals surface area contributed by atoms with Gasteiger partial charge in [0, 0.05) is 11.6 Å². The number of hydrogen-bond donors (Lipinski definition) is 2. The van der Waals surface area contributed by atoms with Crippen LogP contribution in [0.3, 0.4) is 0 Å². The van der Waals surface area contributed by atoms with Gasteiger partial charge >= 0.3 is 0 Å². The van der Waals surface area contributed by atoms with Crippen LogP contribution in [0.2, 0.25) is 0 Å². The van der Waals surface area contributed by atoms with E-state index in [-0.39, 0.29) is 23.3 Å². The minimum Gasteiger partial charge on any atom is -0.496 e. The molecule has 0 aliphatic heterocycles. The highest BCUT2D eigenvalue weighted by molar-refractivity contribution is 6.10. The molecule has 0 spiro atoms. The number of rotatable bonds is 6. The van der Waals surface area contributed by atoms with Gasteiger partial charge in [0.25, 0.3) is 5.91 Å². The van der Waals surface area contributed by atoms with E-state index in [0.717, 1.165) is 12.0 Å². The fourth-order valence-electron chi connectivity index (χ4n) is 3.28. The Morgan fingerprint density at radius 3 is 2.58 bits per heavy atom. The van der Waals surface area contributed by atoms with Gasteiger partial charge < -0.3 is 15.8 Å². The molecule has 0 aliphatic rings. The Morgan fingerprint density at radius 1 is 1.19 bits per heavy atom. The minimum absolute atomic E-state index is 0.00389. The van der Waals surface area contributed by atoms with Gasteiger partial charge in [-0.2, -0.15) is 9.78 Å². The molecule has 2 aromatic carbocycles. The van der Waals surface area contributed by atoms with Gasteiger partial charge in [-0.1, -0.05) is 31.2 Å². The Kier molecular flexibility index (Phi) is 5.53. The number of aromatic nitrogens is 3. The van der Waals surface area contributed by atoms with E-state index in [1.165, 1.54) is 4.68 Å². The SMILES string of the molecule is CC[C@H](C)NC(=O)c1c(N)n(/N=C\c2ccccc2OC)c2nc3ccccc3nc12. The lowest BCUT2D eigenvalue weighted by molar-refractivity contribution is 0.0941. The van der Waals surface area contributed by atoms with Gasteiger partial charge in [-0.15, -0.1) is 0 Å². The van der Waals surface area contributed by atoms with Crippen LogP contribution in [0, 0.1) is 0 Å². The van der Waals surface area contributed by atoms with Gasteiger partial charge in [-0.05, 0) is 37.6 Å². The fourth-order valence-corrected chi connectivity index (χ4v) is 3.28. The molecule has 4 rings (SSSR count). The molecule has 2 aromatic heterocycles. The minimum atomic E-state index is -0.298. The number of hydrogen-bond acceptors (Lipinski definition) is 6. The third-order valence-electron chi connectivity index (χ3n) is 5.14. The number of para-hydroxylation sites is 3. The van der Waals surface area contributed by atoms with Gasteiger partial charge in [-0.25, -0.2) is 9.97 Å². The second kappa shape index (κ2) is 8.43. The normalized spacial score (nSPS) is 12.5. The zero-order chi connectivity index (χ0) is 22.0. The summed E-state index contributed by atoms with van der Waals surface area (Å²) in [5.74, 6) is 0.553. The zero-order valence-corrected chi connectivity index (χ0v) is 17.7. The number of methoxy groups -OCH3 is 1. The van der Waals surface area contributed by atoms with E-state index < -0.39 is 0 Å². The number of carbonyl (C=O) groups is 1. The third-order valence-corrected chi connectivity index (χ3v) is 5.14. The molecule has 4 aromatic rings. The highest BCUT2D eigenvalue weighted by Crippen LogP contribution is 2.28. The first-order chi connectivity index (χ1) is 15.0. The van der Waals surface area contributed by atoms with Crippen LogP contribution in [0.4, 0.5) is 5.82 Å². The Morgan fingerprint density at radius 2 is 1.87 bits per heavy atom. The van der Waals surface area contributed by atoms with Crippen molar-refractivity contribution in [2.24, 2.45) is 5.10 Å². The smallest absolute Gasteiger partial charge is 0.257 e. The van der Waals surface area contributed by atoms with Crippen LogP contribution in [0.15, 0.2) is 53.6 Å². The second-order valence-electron chi connectivity index (χ2n) is 7.23. The van der Waals surface area contributed by atoms with Gasteiger partial charge in [0.1, 0.15) is 22.6 Å². The summed E-state index contributed by atoms with van der Waals surface area (Å²) in [5, 5.41) is 7.49. The molecule has 0 bridgehead atoms. The van der Waals surface area contributed by atoms with Crippen molar-refractivity contribution >= 4 is 40.1 Å². The van der Waals surface area contributed by atoms with Gasteiger partial charge in [0.15, 0.2) is 5.65 Å². The Balaban J connectivity index is 1.91. The summed E-state index contributed by atoms with van der Waals surface area (Å²) in [5.41, 5.74) is 9.64. The van der Waals surface area contributed by atoms with Crippen LogP contribution in [-0.2, 0) is 0 Å². The number of anilines is 1. The average molecular weight is 416 g/mol. The number of carbonyl (C=O) groups excluding carboxylic acids is 1. The lowest BCUT2D eigenvalue weighted by Gasteiger charge is -2.11. The molecule has 3 N–H and O–H groups in total. The van der Waals surface area contributed by atoms with Crippen LogP contribution in [0.1, 0.15) is 36.2 Å². The summed E-state index contributed by atoms with van der Waals surface area (Å²) in [6.45, 7) is 3.94. The fraction of sp³-hybridized carbons (Fsp3) is 0.217. The van der Waals surface area contributed by atoms with Crippen molar-refractivity contribution in [3.63, 3.8) is 0 Å². The highest BCUT2D eigenvalue weighted by Gasteiger charge is 2.24. The zero-order valence-electron chi connectivity index (χ0n) is 17.7. The molecule has 8 heteroatoms. The Hall–Kier alpha value is -3.94. The standard InChI is InChI=1S/C23H24N6O2/c1-4-14(2)26-23(30)19-20-22(28-17-11-7-6-10-16(17)27-20)29(21(19)24)25-13-15-9-5-8-12-18(15)31-3/h5-14H,4,24H2,1-3H3,(H,26,30)/b25-13-/t14-/m0/s1. The maximum atomic E-state index is 13.0. The summed E-state index contributed by atoms with van der Waals surface area (Å²) in [4.78, 5) is 22.4. The number of fused-ring (bicyclic) bond motifs is 2. The molecule has 1 amide bonds. The number of nitrogen functional groups attached to an aromatic ring is 1. The first-order valence-corrected chi connectivity index (χ1v) is 10.1. The van der Waals surface area contributed by atoms with Crippen molar-refractivity contribution < 1.29 is 9.53 Å². The van der Waals surface area contributed by atoms with E-state index in [9.17, 15) is 4.79 Å². The van der Waals surface area contributed by atoms with Crippen LogP contribution >= 0.6 is 0 Å². The number of nitrogens with zero attached hydrogens (tertiary/aromatic N) is 4. The molecule has 0 radical (unpaired) electrons. The molecule has 2 heterocycles. The summed E-state index contributed by atoms with van der Waals surface area (Å²) in [6.07, 6.45) is 2.42. The molecular formula is C23H24N6O2. The number of nitrogens with two attached hydrogens (primary N) is 1. The first-order valence-electron chi connectivity index (χ1n) is 10.1. The topological polar surface area (TPSA) is 107 Å². The summed E-state index contributed by atoms with van der Waals surface area (Å²) >= 11 is 0. The largest absolute Gasteiger partial charge is 0.496 e. The van der Waals surface area contributed by atoms with E-state index in [1.54, 1.807) is 13.3 Å². The maximum absolute atomic E-state index is 13.0. The molecule has 0 aliphatic carbocycles. The van der Waals surface area contributed by atoms with E-state index >= 15 is 0 Å². The average Bonchev–Trinajstić information content (AvgIpc) is 3.06. The van der Waals surface area contributed by atoms with E-state index in [2.05, 4.69) is 15.4 Å². The van der Waals surface area contributed by atoms with Crippen molar-refractivity contribution in [3.8, 4) is 5.75 Å². The monoisotopic (exact) mass is 416 g/mol. The molecule has 158 valence electrons. The van der Waals surface area contributed by atoms with Gasteiger partial charge in [0.2, 0.25) is 0 Å². The lowest BCUT2D eigenvalue weighted by atomic mass is 10.2. The van der Waals surface area contributed by atoms with Gasteiger partial charge in [0.05, 0.1) is 24.4 Å². The van der Waals surface area contributed by atoms with Crippen molar-refractivity contribution in [2.45, 2.75) is 26.3 Å². The van der Waals surface area contributed by atoms with Crippen LogP contribution in [0.5, 0.6) is 5.75 Å². The molecular weight excluding hydrogens is 392 g/mol. The van der Waals surface area contributed by atoms with Crippen molar-refractivity contribution in [2.75, 3.05) is 12.8 Å². The molecule has 0 fully saturated rings. The summed E-state index contributed by atoms with van der Waals surface area (Å²) in [6, 6.07) is 15.0. The maximum Gasteiger partial charge on any atom is 0.257 e. The van der Waals surface area contributed by atoms with E-state index in [1.807, 2.05) is 62.4 Å². The van der Waals surface area contributed by atoms with Crippen molar-refractivity contribution in [1.29, 1.82) is 0 Å². The van der Waals surface area contributed by atoms with Crippen molar-refractivity contribution in [3.05, 3.63) is 59.7 Å². The first kappa shape index (κ1) is 20.3.